The third kappa shape index (κ3) is 12.5. The third-order valence-electron chi connectivity index (χ3n) is 8.35. The Kier molecular flexibility index (Phi) is 15.8. The molecule has 57 heavy (non-hydrogen) atoms. The Bertz CT molecular complexity index is 2080. The van der Waals surface area contributed by atoms with Gasteiger partial charge in [-0.3, -0.25) is 0 Å². The number of benzene rings is 4. The molecule has 0 saturated heterocycles. The van der Waals surface area contributed by atoms with Crippen LogP contribution in [0.15, 0.2) is 79.0 Å². The van der Waals surface area contributed by atoms with Crippen molar-refractivity contribution in [3.05, 3.63) is 84.6 Å². The highest BCUT2D eigenvalue weighted by Crippen LogP contribution is 2.40. The molecule has 0 aliphatic heterocycles. The van der Waals surface area contributed by atoms with Gasteiger partial charge in [-0.1, -0.05) is 57.0 Å². The molecule has 5 aromatic rings. The van der Waals surface area contributed by atoms with E-state index >= 15 is 0 Å². The van der Waals surface area contributed by atoms with Crippen LogP contribution in [0.2, 0.25) is 0 Å². The first kappa shape index (κ1) is 42.7. The molecule has 0 atom stereocenters. The summed E-state index contributed by atoms with van der Waals surface area (Å²) in [5.74, 6) is 2.92. The van der Waals surface area contributed by atoms with E-state index in [-0.39, 0.29) is 5.41 Å². The minimum Gasteiger partial charge on any atom is -0.497 e. The maximum absolute atomic E-state index is 13.6. The van der Waals surface area contributed by atoms with Crippen molar-refractivity contribution in [2.24, 2.45) is 0 Å². The normalized spacial score (nSPS) is 11.2. The lowest BCUT2D eigenvalue weighted by Crippen LogP contribution is -2.21. The standard InChI is InChI=1S/C42H52N6O8S/c1-8-54-39-35(23-28(42(2,3)4)24-36(39)48-57-7)46-41(49)45-34-13-14-37(33-12-10-9-11-32(33)34)56-38-15-16-43-40(47-38)44-29-25-30(51-6)27-31(26-29)55-22-21-53-20-19-52-18-17-50-5/h9-16,23-27,48H,8,17-22H2,1-7H3,(H,43,44,47)(H2,45,46,49). The minimum atomic E-state index is -0.415. The summed E-state index contributed by atoms with van der Waals surface area (Å²) in [7, 11) is 3.22. The maximum Gasteiger partial charge on any atom is 0.323 e. The quantitative estimate of drug-likeness (QED) is 0.0412. The average molecular weight is 801 g/mol. The van der Waals surface area contributed by atoms with E-state index in [9.17, 15) is 4.79 Å². The highest BCUT2D eigenvalue weighted by molar-refractivity contribution is 7.99. The molecule has 0 aliphatic carbocycles. The van der Waals surface area contributed by atoms with E-state index in [0.29, 0.717) is 98.1 Å². The van der Waals surface area contributed by atoms with Gasteiger partial charge in [0.25, 0.3) is 0 Å². The molecule has 304 valence electrons. The number of rotatable bonds is 21. The van der Waals surface area contributed by atoms with E-state index in [1.807, 2.05) is 55.6 Å². The molecule has 0 fully saturated rings. The number of fused-ring (bicyclic) bond motifs is 1. The molecule has 0 unspecified atom stereocenters. The number of nitrogens with one attached hydrogen (secondary N) is 4. The molecular weight excluding hydrogens is 749 g/mol. The Balaban J connectivity index is 1.27. The number of methoxy groups -OCH3 is 2. The molecule has 1 heterocycles. The van der Waals surface area contributed by atoms with Crippen molar-refractivity contribution in [3.8, 4) is 28.9 Å². The number of nitrogens with zero attached hydrogens (tertiary/aromatic N) is 2. The molecule has 0 spiro atoms. The van der Waals surface area contributed by atoms with Crippen LogP contribution in [0.1, 0.15) is 33.3 Å². The monoisotopic (exact) mass is 800 g/mol. The number of aromatic nitrogens is 2. The van der Waals surface area contributed by atoms with Crippen LogP contribution >= 0.6 is 11.9 Å². The Morgan fingerprint density at radius 3 is 2.19 bits per heavy atom. The molecule has 2 amide bonds. The van der Waals surface area contributed by atoms with Gasteiger partial charge in [-0.2, -0.15) is 4.98 Å². The smallest absolute Gasteiger partial charge is 0.323 e. The van der Waals surface area contributed by atoms with Gasteiger partial charge in [0.2, 0.25) is 11.8 Å². The molecule has 0 aliphatic rings. The fourth-order valence-electron chi connectivity index (χ4n) is 5.61. The number of anilines is 5. The van der Waals surface area contributed by atoms with Crippen LogP contribution in [-0.4, -0.2) is 82.7 Å². The molecule has 1 aromatic heterocycles. The summed E-state index contributed by atoms with van der Waals surface area (Å²) < 4.78 is 43.0. The van der Waals surface area contributed by atoms with Crippen LogP contribution in [0.5, 0.6) is 28.9 Å². The Morgan fingerprint density at radius 1 is 0.772 bits per heavy atom. The number of amides is 2. The maximum atomic E-state index is 13.6. The first-order valence-corrected chi connectivity index (χ1v) is 19.8. The van der Waals surface area contributed by atoms with Crippen molar-refractivity contribution in [1.29, 1.82) is 0 Å². The van der Waals surface area contributed by atoms with Crippen molar-refractivity contribution < 1.29 is 38.0 Å². The zero-order valence-electron chi connectivity index (χ0n) is 33.5. The fourth-order valence-corrected chi connectivity index (χ4v) is 5.99. The molecule has 4 aromatic carbocycles. The summed E-state index contributed by atoms with van der Waals surface area (Å²) in [5, 5.41) is 10.8. The van der Waals surface area contributed by atoms with Crippen LogP contribution < -0.4 is 39.6 Å². The van der Waals surface area contributed by atoms with Crippen molar-refractivity contribution in [1.82, 2.24) is 9.97 Å². The zero-order chi connectivity index (χ0) is 40.6. The van der Waals surface area contributed by atoms with Gasteiger partial charge < -0.3 is 53.8 Å². The summed E-state index contributed by atoms with van der Waals surface area (Å²) in [5.41, 5.74) is 3.49. The second-order valence-corrected chi connectivity index (χ2v) is 14.1. The summed E-state index contributed by atoms with van der Waals surface area (Å²) in [4.78, 5) is 22.6. The molecule has 0 bridgehead atoms. The first-order valence-electron chi connectivity index (χ1n) is 18.6. The Hall–Kier alpha value is -5.48. The summed E-state index contributed by atoms with van der Waals surface area (Å²) in [6.45, 7) is 11.5. The van der Waals surface area contributed by atoms with Crippen LogP contribution in [0.4, 0.5) is 33.5 Å². The lowest BCUT2D eigenvalue weighted by atomic mass is 9.86. The number of carbonyl (C=O) groups is 1. The lowest BCUT2D eigenvalue weighted by Gasteiger charge is -2.24. The first-order chi connectivity index (χ1) is 27.6. The van der Waals surface area contributed by atoms with Gasteiger partial charge in [0.15, 0.2) is 5.75 Å². The fraction of sp³-hybridized carbons (Fsp3) is 0.357. The lowest BCUT2D eigenvalue weighted by molar-refractivity contribution is 0.0179. The van der Waals surface area contributed by atoms with E-state index in [2.05, 4.69) is 57.5 Å². The van der Waals surface area contributed by atoms with Gasteiger partial charge in [-0.05, 0) is 42.2 Å². The van der Waals surface area contributed by atoms with E-state index in [0.717, 1.165) is 22.0 Å². The van der Waals surface area contributed by atoms with Crippen molar-refractivity contribution in [3.63, 3.8) is 0 Å². The SMILES string of the molecule is CCOc1c(NSC)cc(C(C)(C)C)cc1NC(=O)Nc1ccc(Oc2ccnc(Nc3cc(OC)cc(OCCOCCOCCOC)c3)n2)c2ccccc12. The highest BCUT2D eigenvalue weighted by atomic mass is 32.2. The second kappa shape index (κ2) is 21.2. The van der Waals surface area contributed by atoms with Crippen LogP contribution in [0.3, 0.4) is 0 Å². The zero-order valence-corrected chi connectivity index (χ0v) is 34.3. The largest absolute Gasteiger partial charge is 0.497 e. The molecule has 4 N–H and O–H groups in total. The summed E-state index contributed by atoms with van der Waals surface area (Å²) in [6.07, 6.45) is 3.54. The number of carbonyl (C=O) groups excluding carboxylic acids is 1. The summed E-state index contributed by atoms with van der Waals surface area (Å²) in [6, 6.07) is 21.9. The molecule has 0 radical (unpaired) electrons. The third-order valence-corrected chi connectivity index (χ3v) is 8.78. The predicted molar refractivity (Wildman–Crippen MR) is 227 cm³/mol. The predicted octanol–water partition coefficient (Wildman–Crippen LogP) is 9.26. The van der Waals surface area contributed by atoms with Crippen molar-refractivity contribution >= 4 is 57.4 Å². The Morgan fingerprint density at radius 2 is 1.47 bits per heavy atom. The van der Waals surface area contributed by atoms with Gasteiger partial charge in [0.05, 0.1) is 63.8 Å². The minimum absolute atomic E-state index is 0.163. The van der Waals surface area contributed by atoms with Gasteiger partial charge >= 0.3 is 6.03 Å². The highest BCUT2D eigenvalue weighted by Gasteiger charge is 2.22. The van der Waals surface area contributed by atoms with Crippen LogP contribution in [0.25, 0.3) is 10.8 Å². The van der Waals surface area contributed by atoms with E-state index < -0.39 is 6.03 Å². The average Bonchev–Trinajstić information content (AvgIpc) is 3.19. The molecular formula is C42H52N6O8S. The number of urea groups is 1. The van der Waals surface area contributed by atoms with Crippen LogP contribution in [-0.2, 0) is 19.6 Å². The number of ether oxygens (including phenoxy) is 7. The van der Waals surface area contributed by atoms with E-state index in [1.54, 1.807) is 44.7 Å². The van der Waals surface area contributed by atoms with Gasteiger partial charge in [-0.15, -0.1) is 0 Å². The molecule has 15 heteroatoms. The topological polar surface area (TPSA) is 156 Å². The second-order valence-electron chi connectivity index (χ2n) is 13.5. The molecule has 0 saturated carbocycles. The van der Waals surface area contributed by atoms with Gasteiger partial charge in [-0.25, -0.2) is 9.78 Å². The van der Waals surface area contributed by atoms with Crippen molar-refractivity contribution in [2.45, 2.75) is 33.1 Å². The van der Waals surface area contributed by atoms with Crippen molar-refractivity contribution in [2.75, 3.05) is 87.4 Å². The van der Waals surface area contributed by atoms with Gasteiger partial charge in [0, 0.05) is 60.3 Å². The Labute approximate surface area is 338 Å². The number of hydrogen-bond acceptors (Lipinski definition) is 13. The van der Waals surface area contributed by atoms with E-state index in [4.69, 9.17) is 33.2 Å². The molecule has 14 nitrogen and oxygen atoms in total. The van der Waals surface area contributed by atoms with Gasteiger partial charge in [0.1, 0.15) is 23.9 Å². The van der Waals surface area contributed by atoms with E-state index in [1.165, 1.54) is 11.9 Å². The van der Waals surface area contributed by atoms with Crippen LogP contribution in [0, 0.1) is 0 Å². The molecule has 5 rings (SSSR count). The summed E-state index contributed by atoms with van der Waals surface area (Å²) >= 11 is 1.46. The number of hydrogen-bond donors (Lipinski definition) is 4.